The van der Waals surface area contributed by atoms with Gasteiger partial charge in [0.2, 0.25) is 0 Å². The van der Waals surface area contributed by atoms with Crippen LogP contribution in [0.1, 0.15) is 23.7 Å². The van der Waals surface area contributed by atoms with E-state index in [4.69, 9.17) is 14.6 Å². The molecule has 0 heterocycles. The van der Waals surface area contributed by atoms with Gasteiger partial charge < -0.3 is 19.9 Å². The molecule has 1 aromatic rings. The molecular weight excluding hydrogens is 234 g/mol. The fraction of sp³-hybridized carbons (Fsp3) is 0.462. The molecule has 0 aliphatic carbocycles. The zero-order valence-corrected chi connectivity index (χ0v) is 10.9. The Labute approximate surface area is 107 Å². The lowest BCUT2D eigenvalue weighted by molar-refractivity contribution is 0.0908. The van der Waals surface area contributed by atoms with Crippen LogP contribution >= 0.6 is 0 Å². The number of carbonyl (C=O) groups excluding carboxylic acids is 1. The summed E-state index contributed by atoms with van der Waals surface area (Å²) < 4.78 is 10.3. The van der Waals surface area contributed by atoms with E-state index in [1.54, 1.807) is 18.2 Å². The summed E-state index contributed by atoms with van der Waals surface area (Å²) in [6.07, 6.45) is 0.652. The Morgan fingerprint density at radius 2 is 1.89 bits per heavy atom. The van der Waals surface area contributed by atoms with Crippen LogP contribution in [-0.4, -0.2) is 37.9 Å². The summed E-state index contributed by atoms with van der Waals surface area (Å²) in [7, 11) is 2.99. The summed E-state index contributed by atoms with van der Waals surface area (Å²) in [6.45, 7) is 1.79. The molecule has 0 bridgehead atoms. The minimum absolute atomic E-state index is 0.0975. The van der Waals surface area contributed by atoms with Crippen LogP contribution in [0, 0.1) is 0 Å². The predicted molar refractivity (Wildman–Crippen MR) is 68.2 cm³/mol. The van der Waals surface area contributed by atoms with Gasteiger partial charge in [0.15, 0.2) is 0 Å². The third-order valence-corrected chi connectivity index (χ3v) is 2.70. The lowest BCUT2D eigenvalue weighted by atomic mass is 10.1. The van der Waals surface area contributed by atoms with Gasteiger partial charge in [-0.05, 0) is 18.6 Å². The Morgan fingerprint density at radius 1 is 1.33 bits per heavy atom. The second-order valence-electron chi connectivity index (χ2n) is 3.80. The Bertz CT molecular complexity index is 380. The summed E-state index contributed by atoms with van der Waals surface area (Å²) in [4.78, 5) is 12.2. The normalized spacial score (nSPS) is 11.8. The third-order valence-electron chi connectivity index (χ3n) is 2.70. The van der Waals surface area contributed by atoms with Gasteiger partial charge in [0.25, 0.3) is 5.91 Å². The Kier molecular flexibility index (Phi) is 5.45. The van der Waals surface area contributed by atoms with Crippen molar-refractivity contribution in [3.63, 3.8) is 0 Å². The van der Waals surface area contributed by atoms with Crippen LogP contribution in [0.4, 0.5) is 0 Å². The van der Waals surface area contributed by atoms with Crippen molar-refractivity contribution in [1.29, 1.82) is 0 Å². The molecule has 0 radical (unpaired) electrons. The van der Waals surface area contributed by atoms with E-state index in [2.05, 4.69) is 5.32 Å². The molecule has 5 nitrogen and oxygen atoms in total. The second-order valence-corrected chi connectivity index (χ2v) is 3.80. The van der Waals surface area contributed by atoms with Crippen molar-refractivity contribution < 1.29 is 19.4 Å². The van der Waals surface area contributed by atoms with E-state index in [9.17, 15) is 4.79 Å². The van der Waals surface area contributed by atoms with Gasteiger partial charge in [-0.1, -0.05) is 13.0 Å². The number of aliphatic hydroxyl groups is 1. The summed E-state index contributed by atoms with van der Waals surface area (Å²) >= 11 is 0. The highest BCUT2D eigenvalue weighted by atomic mass is 16.5. The molecule has 0 saturated heterocycles. The first-order valence-corrected chi connectivity index (χ1v) is 5.80. The van der Waals surface area contributed by atoms with Gasteiger partial charge in [0, 0.05) is 0 Å². The number of benzene rings is 1. The van der Waals surface area contributed by atoms with Crippen LogP contribution in [0.15, 0.2) is 18.2 Å². The van der Waals surface area contributed by atoms with Crippen molar-refractivity contribution in [2.24, 2.45) is 0 Å². The van der Waals surface area contributed by atoms with Crippen molar-refractivity contribution in [3.8, 4) is 11.5 Å². The number of carbonyl (C=O) groups is 1. The molecule has 1 amide bonds. The van der Waals surface area contributed by atoms with E-state index in [0.717, 1.165) is 0 Å². The number of hydrogen-bond donors (Lipinski definition) is 2. The number of methoxy groups -OCH3 is 2. The van der Waals surface area contributed by atoms with Crippen LogP contribution in [0.3, 0.4) is 0 Å². The van der Waals surface area contributed by atoms with Crippen LogP contribution in [0.25, 0.3) is 0 Å². The highest BCUT2D eigenvalue weighted by molar-refractivity contribution is 5.99. The Balaban J connectivity index is 3.03. The van der Waals surface area contributed by atoms with E-state index in [0.29, 0.717) is 23.5 Å². The van der Waals surface area contributed by atoms with Crippen molar-refractivity contribution >= 4 is 5.91 Å². The average molecular weight is 253 g/mol. The molecule has 0 spiro atoms. The molecule has 0 saturated carbocycles. The zero-order chi connectivity index (χ0) is 13.5. The lowest BCUT2D eigenvalue weighted by Gasteiger charge is -2.17. The highest BCUT2D eigenvalue weighted by Gasteiger charge is 2.20. The molecule has 0 aliphatic rings. The SMILES string of the molecule is CCC(CO)NC(=O)c1c(OC)cccc1OC. The van der Waals surface area contributed by atoms with Crippen LogP contribution in [-0.2, 0) is 0 Å². The number of ether oxygens (including phenoxy) is 2. The maximum atomic E-state index is 12.2. The van der Waals surface area contributed by atoms with E-state index in [1.165, 1.54) is 14.2 Å². The minimum atomic E-state index is -0.315. The molecule has 1 atom stereocenters. The maximum absolute atomic E-state index is 12.2. The number of hydrogen-bond acceptors (Lipinski definition) is 4. The maximum Gasteiger partial charge on any atom is 0.259 e. The summed E-state index contributed by atoms with van der Waals surface area (Å²) in [5.41, 5.74) is 0.342. The molecule has 1 rings (SSSR count). The number of aliphatic hydroxyl groups excluding tert-OH is 1. The summed E-state index contributed by atoms with van der Waals surface area (Å²) in [5.74, 6) is 0.574. The van der Waals surface area contributed by atoms with Gasteiger partial charge in [-0.15, -0.1) is 0 Å². The van der Waals surface area contributed by atoms with Crippen molar-refractivity contribution in [2.75, 3.05) is 20.8 Å². The molecule has 0 aromatic heterocycles. The van der Waals surface area contributed by atoms with E-state index in [-0.39, 0.29) is 18.6 Å². The van der Waals surface area contributed by atoms with Gasteiger partial charge in [0.05, 0.1) is 26.9 Å². The molecule has 2 N–H and O–H groups in total. The van der Waals surface area contributed by atoms with Crippen molar-refractivity contribution in [1.82, 2.24) is 5.32 Å². The molecule has 0 fully saturated rings. The average Bonchev–Trinajstić information content (AvgIpc) is 2.43. The number of nitrogens with one attached hydrogen (secondary N) is 1. The number of rotatable bonds is 6. The van der Waals surface area contributed by atoms with Gasteiger partial charge in [-0.2, -0.15) is 0 Å². The first-order chi connectivity index (χ1) is 8.67. The van der Waals surface area contributed by atoms with E-state index < -0.39 is 0 Å². The first-order valence-electron chi connectivity index (χ1n) is 5.80. The largest absolute Gasteiger partial charge is 0.496 e. The fourth-order valence-electron chi connectivity index (χ4n) is 1.61. The molecular formula is C13H19NO4. The quantitative estimate of drug-likeness (QED) is 0.799. The first kappa shape index (κ1) is 14.3. The zero-order valence-electron chi connectivity index (χ0n) is 10.9. The molecule has 100 valence electrons. The summed E-state index contributed by atoms with van der Waals surface area (Å²) in [5, 5.41) is 11.8. The van der Waals surface area contributed by atoms with Crippen LogP contribution < -0.4 is 14.8 Å². The second kappa shape index (κ2) is 6.86. The van der Waals surface area contributed by atoms with Crippen LogP contribution in [0.5, 0.6) is 11.5 Å². The van der Waals surface area contributed by atoms with Crippen molar-refractivity contribution in [2.45, 2.75) is 19.4 Å². The molecule has 1 unspecified atom stereocenters. The molecule has 0 aliphatic heterocycles. The van der Waals surface area contributed by atoms with Crippen LogP contribution in [0.2, 0.25) is 0 Å². The Morgan fingerprint density at radius 3 is 2.28 bits per heavy atom. The monoisotopic (exact) mass is 253 g/mol. The summed E-state index contributed by atoms with van der Waals surface area (Å²) in [6, 6.07) is 4.86. The standard InChI is InChI=1S/C13H19NO4/c1-4-9(8-15)14-13(16)12-10(17-2)6-5-7-11(12)18-3/h5-7,9,15H,4,8H2,1-3H3,(H,14,16). The molecule has 18 heavy (non-hydrogen) atoms. The van der Waals surface area contributed by atoms with Gasteiger partial charge in [-0.25, -0.2) is 0 Å². The van der Waals surface area contributed by atoms with E-state index >= 15 is 0 Å². The fourth-order valence-corrected chi connectivity index (χ4v) is 1.61. The third kappa shape index (κ3) is 3.13. The smallest absolute Gasteiger partial charge is 0.259 e. The highest BCUT2D eigenvalue weighted by Crippen LogP contribution is 2.28. The molecule has 5 heteroatoms. The lowest BCUT2D eigenvalue weighted by Crippen LogP contribution is -2.37. The predicted octanol–water partition coefficient (Wildman–Crippen LogP) is 1.20. The number of amides is 1. The molecule has 1 aromatic carbocycles. The topological polar surface area (TPSA) is 67.8 Å². The van der Waals surface area contributed by atoms with Crippen molar-refractivity contribution in [3.05, 3.63) is 23.8 Å². The van der Waals surface area contributed by atoms with E-state index in [1.807, 2.05) is 6.92 Å². The Hall–Kier alpha value is -1.75. The van der Waals surface area contributed by atoms with Gasteiger partial charge >= 0.3 is 0 Å². The minimum Gasteiger partial charge on any atom is -0.496 e. The van der Waals surface area contributed by atoms with Gasteiger partial charge in [0.1, 0.15) is 17.1 Å². The van der Waals surface area contributed by atoms with Gasteiger partial charge in [-0.3, -0.25) is 4.79 Å².